The van der Waals surface area contributed by atoms with E-state index in [9.17, 15) is 19.5 Å². The molecule has 0 radical (unpaired) electrons. The van der Waals surface area contributed by atoms with Crippen LogP contribution >= 0.6 is 0 Å². The summed E-state index contributed by atoms with van der Waals surface area (Å²) < 4.78 is 17.1. The molecule has 0 fully saturated rings. The number of carboxylic acid groups (broad SMARTS) is 1. The minimum absolute atomic E-state index is 0.0201. The number of nitrogens with zero attached hydrogens (tertiary/aromatic N) is 1. The first-order valence-electron chi connectivity index (χ1n) is 20.2. The number of esters is 2. The van der Waals surface area contributed by atoms with E-state index in [1.54, 1.807) is 0 Å². The van der Waals surface area contributed by atoms with Gasteiger partial charge in [0.2, 0.25) is 0 Å². The van der Waals surface area contributed by atoms with Gasteiger partial charge >= 0.3 is 17.9 Å². The fourth-order valence-electron chi connectivity index (χ4n) is 4.97. The van der Waals surface area contributed by atoms with E-state index in [1.807, 2.05) is 94.1 Å². The number of carbonyl (C=O) groups excluding carboxylic acids is 2. The third-order valence-corrected chi connectivity index (χ3v) is 8.05. The molecule has 0 aromatic carbocycles. The van der Waals surface area contributed by atoms with Crippen LogP contribution in [0.2, 0.25) is 0 Å². The first-order valence-corrected chi connectivity index (χ1v) is 20.2. The van der Waals surface area contributed by atoms with Crippen molar-refractivity contribution in [1.29, 1.82) is 0 Å². The van der Waals surface area contributed by atoms with Crippen LogP contribution in [0.25, 0.3) is 0 Å². The summed E-state index contributed by atoms with van der Waals surface area (Å²) >= 11 is 0. The second kappa shape index (κ2) is 36.7. The number of unbranched alkanes of at least 4 members (excludes halogenated alkanes) is 5. The Morgan fingerprint density at radius 3 is 1.64 bits per heavy atom. The highest BCUT2D eigenvalue weighted by Crippen LogP contribution is 2.11. The van der Waals surface area contributed by atoms with Crippen LogP contribution in [0.3, 0.4) is 0 Å². The van der Waals surface area contributed by atoms with Crippen LogP contribution in [-0.2, 0) is 28.6 Å². The molecular weight excluding hydrogens is 691 g/mol. The molecule has 2 unspecified atom stereocenters. The number of aliphatic carboxylic acids is 1. The van der Waals surface area contributed by atoms with Gasteiger partial charge in [-0.05, 0) is 64.2 Å². The van der Waals surface area contributed by atoms with Gasteiger partial charge in [-0.15, -0.1) is 0 Å². The highest BCUT2D eigenvalue weighted by atomic mass is 16.6. The Hall–Kier alpha value is -4.27. The van der Waals surface area contributed by atoms with Crippen molar-refractivity contribution in [2.24, 2.45) is 0 Å². The molecule has 0 aromatic heterocycles. The molecule has 2 atom stereocenters. The number of carbonyl (C=O) groups is 3. The van der Waals surface area contributed by atoms with E-state index in [2.05, 4.69) is 62.5 Å². The van der Waals surface area contributed by atoms with Gasteiger partial charge in [0, 0.05) is 19.3 Å². The van der Waals surface area contributed by atoms with Gasteiger partial charge in [0.1, 0.15) is 6.61 Å². The van der Waals surface area contributed by atoms with Crippen molar-refractivity contribution >= 4 is 17.9 Å². The molecule has 8 nitrogen and oxygen atoms in total. The first kappa shape index (κ1) is 50.7. The van der Waals surface area contributed by atoms with Crippen LogP contribution in [0.4, 0.5) is 0 Å². The van der Waals surface area contributed by atoms with Crippen LogP contribution in [0.15, 0.2) is 122 Å². The van der Waals surface area contributed by atoms with Gasteiger partial charge in [-0.25, -0.2) is 4.79 Å². The number of ether oxygens (including phenoxy) is 3. The number of hydrogen-bond acceptors (Lipinski definition) is 6. The number of quaternary nitrogens is 1. The summed E-state index contributed by atoms with van der Waals surface area (Å²) in [7, 11) is 5.47. The maximum atomic E-state index is 12.7. The quantitative estimate of drug-likeness (QED) is 0.0234. The van der Waals surface area contributed by atoms with E-state index >= 15 is 0 Å². The van der Waals surface area contributed by atoms with Crippen molar-refractivity contribution in [3.05, 3.63) is 122 Å². The normalized spacial score (nSPS) is 14.3. The van der Waals surface area contributed by atoms with E-state index in [0.717, 1.165) is 57.8 Å². The standard InChI is InChI=1S/C47H71NO7/c1-6-8-10-12-14-16-18-20-21-22-23-24-25-26-28-30-32-34-36-38-46(50)55-43(41-53-40-39-44(47(51)52)48(3,4)5)42-54-45(49)37-35-33-31-29-27-19-17-15-13-11-9-7-2/h8-12,14-18,20-29,43-44H,6-7,13,19,30-42H2,1-5H3/p+1/b10-8+,11-9+,14-12+,17-15+,18-16+,21-20+,23-22+,25-24+,28-26+,29-27+. The molecule has 0 aliphatic rings. The molecule has 0 amide bonds. The Balaban J connectivity index is 4.60. The highest BCUT2D eigenvalue weighted by molar-refractivity contribution is 5.72. The fourth-order valence-corrected chi connectivity index (χ4v) is 4.97. The largest absolute Gasteiger partial charge is 0.477 e. The number of hydrogen-bond donors (Lipinski definition) is 1. The molecule has 306 valence electrons. The van der Waals surface area contributed by atoms with Crippen molar-refractivity contribution < 1.29 is 38.2 Å². The maximum Gasteiger partial charge on any atom is 0.362 e. The number of likely N-dealkylation sites (N-methyl/N-ethyl adjacent to an activating group) is 1. The van der Waals surface area contributed by atoms with Gasteiger partial charge in [0.25, 0.3) is 0 Å². The maximum absolute atomic E-state index is 12.7. The minimum Gasteiger partial charge on any atom is -0.477 e. The molecule has 0 spiro atoms. The van der Waals surface area contributed by atoms with Crippen LogP contribution in [0.1, 0.15) is 104 Å². The summed E-state index contributed by atoms with van der Waals surface area (Å²) in [5.74, 6) is -1.60. The lowest BCUT2D eigenvalue weighted by atomic mass is 10.1. The summed E-state index contributed by atoms with van der Waals surface area (Å²) in [6.07, 6.45) is 51.0. The minimum atomic E-state index is -0.896. The van der Waals surface area contributed by atoms with Gasteiger partial charge < -0.3 is 23.8 Å². The molecule has 0 saturated carbocycles. The van der Waals surface area contributed by atoms with E-state index < -0.39 is 18.1 Å². The first-order chi connectivity index (χ1) is 26.6. The SMILES string of the molecule is CC/C=C/C=C/C=C/C=C/C=C/C=C/C=C/CCCCCC(=O)OC(COCCC(C(=O)O)[N+](C)(C)C)COC(=O)CCCC/C=C/C/C=C/C/C=C/CC. The Morgan fingerprint density at radius 2 is 1.05 bits per heavy atom. The molecule has 0 aromatic rings. The lowest BCUT2D eigenvalue weighted by Gasteiger charge is -2.31. The van der Waals surface area contributed by atoms with Crippen LogP contribution in [0.5, 0.6) is 0 Å². The monoisotopic (exact) mass is 763 g/mol. The zero-order chi connectivity index (χ0) is 40.7. The van der Waals surface area contributed by atoms with Crippen LogP contribution in [-0.4, -0.2) is 80.6 Å². The molecule has 0 saturated heterocycles. The topological polar surface area (TPSA) is 99.1 Å². The number of rotatable bonds is 33. The third kappa shape index (κ3) is 35.2. The Bertz CT molecular complexity index is 1300. The second-order valence-corrected chi connectivity index (χ2v) is 14.0. The zero-order valence-corrected chi connectivity index (χ0v) is 34.6. The Kier molecular flexibility index (Phi) is 33.8. The second-order valence-electron chi connectivity index (χ2n) is 14.0. The molecule has 8 heteroatoms. The summed E-state index contributed by atoms with van der Waals surface area (Å²) in [6.45, 7) is 4.33. The van der Waals surface area contributed by atoms with Crippen LogP contribution in [0, 0.1) is 0 Å². The molecule has 0 heterocycles. The summed E-state index contributed by atoms with van der Waals surface area (Å²) in [6, 6.07) is -0.637. The molecule has 0 aliphatic heterocycles. The predicted octanol–water partition coefficient (Wildman–Crippen LogP) is 10.7. The lowest BCUT2D eigenvalue weighted by molar-refractivity contribution is -0.887. The van der Waals surface area contributed by atoms with E-state index in [-0.39, 0.29) is 49.1 Å². The van der Waals surface area contributed by atoms with Crippen molar-refractivity contribution in [3.63, 3.8) is 0 Å². The molecule has 0 aliphatic carbocycles. The Labute approximate surface area is 333 Å². The van der Waals surface area contributed by atoms with Crippen molar-refractivity contribution in [3.8, 4) is 0 Å². The van der Waals surface area contributed by atoms with Gasteiger partial charge in [-0.3, -0.25) is 9.59 Å². The summed E-state index contributed by atoms with van der Waals surface area (Å²) in [5, 5.41) is 9.60. The number of allylic oxidation sites excluding steroid dienone is 20. The average Bonchev–Trinajstić information content (AvgIpc) is 3.14. The highest BCUT2D eigenvalue weighted by Gasteiger charge is 2.31. The summed E-state index contributed by atoms with van der Waals surface area (Å²) in [5.41, 5.74) is 0. The van der Waals surface area contributed by atoms with Crippen LogP contribution < -0.4 is 0 Å². The van der Waals surface area contributed by atoms with Gasteiger partial charge in [0.15, 0.2) is 12.1 Å². The lowest BCUT2D eigenvalue weighted by Crippen LogP contribution is -2.50. The smallest absolute Gasteiger partial charge is 0.362 e. The van der Waals surface area contributed by atoms with Crippen molar-refractivity contribution in [2.75, 3.05) is 41.0 Å². The summed E-state index contributed by atoms with van der Waals surface area (Å²) in [4.78, 5) is 36.8. The fraction of sp³-hybridized carbons (Fsp3) is 0.511. The molecular formula is C47H72NO7+. The van der Waals surface area contributed by atoms with Gasteiger partial charge in [0.05, 0.1) is 34.4 Å². The van der Waals surface area contributed by atoms with E-state index in [4.69, 9.17) is 14.2 Å². The molecule has 0 bridgehead atoms. The van der Waals surface area contributed by atoms with E-state index in [1.165, 1.54) is 0 Å². The van der Waals surface area contributed by atoms with Gasteiger partial charge in [-0.1, -0.05) is 142 Å². The third-order valence-electron chi connectivity index (χ3n) is 8.05. The molecule has 1 N–H and O–H groups in total. The average molecular weight is 763 g/mol. The zero-order valence-electron chi connectivity index (χ0n) is 34.6. The number of carboxylic acids is 1. The predicted molar refractivity (Wildman–Crippen MR) is 229 cm³/mol. The Morgan fingerprint density at radius 1 is 0.564 bits per heavy atom. The molecule has 0 rings (SSSR count). The molecule has 55 heavy (non-hydrogen) atoms. The van der Waals surface area contributed by atoms with Gasteiger partial charge in [-0.2, -0.15) is 0 Å². The van der Waals surface area contributed by atoms with E-state index in [0.29, 0.717) is 19.3 Å². The van der Waals surface area contributed by atoms with Crippen molar-refractivity contribution in [2.45, 2.75) is 116 Å². The van der Waals surface area contributed by atoms with Crippen molar-refractivity contribution in [1.82, 2.24) is 0 Å².